The third-order valence-corrected chi connectivity index (χ3v) is 2.41. The number of rotatable bonds is 4. The van der Waals surface area contributed by atoms with Crippen LogP contribution in [0.3, 0.4) is 0 Å². The summed E-state index contributed by atoms with van der Waals surface area (Å²) in [6.45, 7) is 2.06. The van der Waals surface area contributed by atoms with E-state index in [1.54, 1.807) is 25.4 Å². The predicted molar refractivity (Wildman–Crippen MR) is 66.8 cm³/mol. The van der Waals surface area contributed by atoms with Crippen LogP contribution in [0.2, 0.25) is 0 Å². The Balaban J connectivity index is 1.99. The zero-order valence-corrected chi connectivity index (χ0v) is 9.95. The molecule has 0 bridgehead atoms. The van der Waals surface area contributed by atoms with Crippen molar-refractivity contribution < 1.29 is 9.94 Å². The Labute approximate surface area is 105 Å². The molecule has 1 heterocycles. The van der Waals surface area contributed by atoms with Crippen molar-refractivity contribution in [2.45, 2.75) is 13.5 Å². The van der Waals surface area contributed by atoms with Crippen LogP contribution in [0.15, 0.2) is 47.9 Å². The Hall–Kier alpha value is -2.43. The molecule has 0 atom stereocenters. The molecule has 0 aliphatic heterocycles. The van der Waals surface area contributed by atoms with Gasteiger partial charge in [-0.2, -0.15) is 0 Å². The van der Waals surface area contributed by atoms with Crippen molar-refractivity contribution in [3.05, 3.63) is 54.1 Å². The molecule has 1 N–H and O–H groups in total. The van der Waals surface area contributed by atoms with E-state index in [0.717, 1.165) is 11.3 Å². The van der Waals surface area contributed by atoms with E-state index in [2.05, 4.69) is 15.1 Å². The van der Waals surface area contributed by atoms with E-state index in [-0.39, 0.29) is 0 Å². The van der Waals surface area contributed by atoms with E-state index in [9.17, 15) is 0 Å². The Morgan fingerprint density at radius 3 is 2.50 bits per heavy atom. The average molecular weight is 243 g/mol. The maximum Gasteiger partial charge on any atom is 0.166 e. The summed E-state index contributed by atoms with van der Waals surface area (Å²) in [4.78, 5) is 8.13. The van der Waals surface area contributed by atoms with Gasteiger partial charge in [0.15, 0.2) is 5.82 Å². The molecule has 18 heavy (non-hydrogen) atoms. The van der Waals surface area contributed by atoms with Crippen LogP contribution in [-0.4, -0.2) is 20.9 Å². The minimum Gasteiger partial charge on any atom is -0.486 e. The molecule has 92 valence electrons. The van der Waals surface area contributed by atoms with Gasteiger partial charge in [0.1, 0.15) is 12.4 Å². The molecule has 1 aromatic carbocycles. The fraction of sp³-hybridized carbons (Fsp3) is 0.154. The number of oxime groups is 1. The van der Waals surface area contributed by atoms with Gasteiger partial charge in [-0.3, -0.25) is 0 Å². The minimum atomic E-state index is 0.327. The van der Waals surface area contributed by atoms with E-state index in [4.69, 9.17) is 9.94 Å². The first kappa shape index (κ1) is 12.0. The van der Waals surface area contributed by atoms with Gasteiger partial charge in [-0.05, 0) is 42.8 Å². The monoisotopic (exact) mass is 243 g/mol. The van der Waals surface area contributed by atoms with Gasteiger partial charge < -0.3 is 9.94 Å². The summed E-state index contributed by atoms with van der Waals surface area (Å²) in [7, 11) is 0. The lowest BCUT2D eigenvalue weighted by Gasteiger charge is -2.05. The van der Waals surface area contributed by atoms with Gasteiger partial charge in [-0.15, -0.1) is 0 Å². The summed E-state index contributed by atoms with van der Waals surface area (Å²) in [6, 6.07) is 9.04. The number of aromatic nitrogens is 2. The minimum absolute atomic E-state index is 0.327. The quantitative estimate of drug-likeness (QED) is 0.508. The highest BCUT2D eigenvalue weighted by molar-refractivity contribution is 5.98. The zero-order chi connectivity index (χ0) is 12.8. The second-order valence-electron chi connectivity index (χ2n) is 3.66. The maximum absolute atomic E-state index is 8.65. The molecule has 0 aliphatic carbocycles. The first-order valence-electron chi connectivity index (χ1n) is 5.47. The van der Waals surface area contributed by atoms with Gasteiger partial charge in [-0.25, -0.2) is 9.97 Å². The molecular weight excluding hydrogens is 230 g/mol. The zero-order valence-electron chi connectivity index (χ0n) is 9.95. The van der Waals surface area contributed by atoms with Crippen molar-refractivity contribution in [1.82, 2.24) is 9.97 Å². The first-order valence-corrected chi connectivity index (χ1v) is 5.47. The molecule has 0 unspecified atom stereocenters. The molecule has 5 heteroatoms. The number of hydrogen-bond donors (Lipinski definition) is 1. The molecular formula is C13H13N3O2. The third-order valence-electron chi connectivity index (χ3n) is 2.41. The van der Waals surface area contributed by atoms with Gasteiger partial charge in [0.25, 0.3) is 0 Å². The highest BCUT2D eigenvalue weighted by Gasteiger charge is 2.00. The molecule has 5 nitrogen and oxygen atoms in total. The lowest BCUT2D eigenvalue weighted by Crippen LogP contribution is -2.00. The molecule has 0 fully saturated rings. The van der Waals surface area contributed by atoms with Gasteiger partial charge in [0, 0.05) is 12.4 Å². The number of nitrogens with zero attached hydrogens (tertiary/aromatic N) is 3. The molecule has 2 aromatic rings. The van der Waals surface area contributed by atoms with Crippen molar-refractivity contribution in [2.75, 3.05) is 0 Å². The van der Waals surface area contributed by atoms with Gasteiger partial charge in [0.05, 0.1) is 5.71 Å². The topological polar surface area (TPSA) is 67.6 Å². The van der Waals surface area contributed by atoms with Crippen molar-refractivity contribution >= 4 is 5.71 Å². The molecule has 2 rings (SSSR count). The molecule has 0 saturated heterocycles. The molecule has 1 aromatic heterocycles. The van der Waals surface area contributed by atoms with Crippen LogP contribution >= 0.6 is 0 Å². The van der Waals surface area contributed by atoms with E-state index < -0.39 is 0 Å². The highest BCUT2D eigenvalue weighted by atomic mass is 16.5. The van der Waals surface area contributed by atoms with E-state index in [1.165, 1.54) is 0 Å². The second-order valence-corrected chi connectivity index (χ2v) is 3.66. The fourth-order valence-electron chi connectivity index (χ4n) is 1.40. The third kappa shape index (κ3) is 3.04. The number of hydrogen-bond acceptors (Lipinski definition) is 5. The van der Waals surface area contributed by atoms with E-state index >= 15 is 0 Å². The SMILES string of the molecule is C/C(=N\O)c1ccc(OCc2ncccn2)cc1. The largest absolute Gasteiger partial charge is 0.486 e. The Morgan fingerprint density at radius 2 is 1.89 bits per heavy atom. The maximum atomic E-state index is 8.65. The number of ether oxygens (including phenoxy) is 1. The van der Waals surface area contributed by atoms with Crippen LogP contribution in [-0.2, 0) is 6.61 Å². The van der Waals surface area contributed by atoms with Crippen LogP contribution in [0.4, 0.5) is 0 Å². The van der Waals surface area contributed by atoms with Crippen molar-refractivity contribution in [1.29, 1.82) is 0 Å². The van der Waals surface area contributed by atoms with E-state index in [0.29, 0.717) is 18.1 Å². The van der Waals surface area contributed by atoms with Crippen LogP contribution in [0, 0.1) is 0 Å². The van der Waals surface area contributed by atoms with E-state index in [1.807, 2.05) is 24.3 Å². The van der Waals surface area contributed by atoms with Crippen molar-refractivity contribution in [3.8, 4) is 5.75 Å². The smallest absolute Gasteiger partial charge is 0.166 e. The van der Waals surface area contributed by atoms with Crippen LogP contribution in [0.5, 0.6) is 5.75 Å². The lowest BCUT2D eigenvalue weighted by atomic mass is 10.1. The second kappa shape index (κ2) is 5.77. The first-order chi connectivity index (χ1) is 8.79. The molecule has 0 radical (unpaired) electrons. The lowest BCUT2D eigenvalue weighted by molar-refractivity contribution is 0.295. The summed E-state index contributed by atoms with van der Waals surface area (Å²) in [5.74, 6) is 1.35. The predicted octanol–water partition coefficient (Wildman–Crippen LogP) is 2.25. The Morgan fingerprint density at radius 1 is 1.22 bits per heavy atom. The van der Waals surface area contributed by atoms with Gasteiger partial charge in [0.2, 0.25) is 0 Å². The highest BCUT2D eigenvalue weighted by Crippen LogP contribution is 2.13. The van der Waals surface area contributed by atoms with Crippen LogP contribution in [0.1, 0.15) is 18.3 Å². The Bertz CT molecular complexity index is 524. The standard InChI is InChI=1S/C13H13N3O2/c1-10(16-17)11-3-5-12(6-4-11)18-9-13-14-7-2-8-15-13/h2-8,17H,9H2,1H3/b16-10+. The summed E-state index contributed by atoms with van der Waals surface area (Å²) < 4.78 is 5.53. The average Bonchev–Trinajstić information content (AvgIpc) is 2.46. The summed E-state index contributed by atoms with van der Waals surface area (Å²) in [6.07, 6.45) is 3.35. The Kier molecular flexibility index (Phi) is 3.86. The van der Waals surface area contributed by atoms with Crippen molar-refractivity contribution in [2.24, 2.45) is 5.16 Å². The fourth-order valence-corrected chi connectivity index (χ4v) is 1.40. The molecule has 0 spiro atoms. The summed E-state index contributed by atoms with van der Waals surface area (Å²) in [5, 5.41) is 11.8. The van der Waals surface area contributed by atoms with Crippen molar-refractivity contribution in [3.63, 3.8) is 0 Å². The molecule has 0 aliphatic rings. The molecule has 0 amide bonds. The normalized spacial score (nSPS) is 11.3. The molecule has 0 saturated carbocycles. The summed E-state index contributed by atoms with van der Waals surface area (Å²) >= 11 is 0. The van der Waals surface area contributed by atoms with Gasteiger partial charge in [-0.1, -0.05) is 5.16 Å². The van der Waals surface area contributed by atoms with Gasteiger partial charge >= 0.3 is 0 Å². The number of benzene rings is 1. The van der Waals surface area contributed by atoms with Crippen LogP contribution < -0.4 is 4.74 Å². The summed E-state index contributed by atoms with van der Waals surface area (Å²) in [5.41, 5.74) is 1.41. The van der Waals surface area contributed by atoms with Crippen LogP contribution in [0.25, 0.3) is 0 Å².